The van der Waals surface area contributed by atoms with Gasteiger partial charge in [-0.25, -0.2) is 0 Å². The minimum absolute atomic E-state index is 0.0886. The van der Waals surface area contributed by atoms with E-state index in [1.165, 1.54) is 0 Å². The molecule has 0 bridgehead atoms. The maximum absolute atomic E-state index is 11.6. The highest BCUT2D eigenvalue weighted by Gasteiger charge is 2.12. The summed E-state index contributed by atoms with van der Waals surface area (Å²) in [5.41, 5.74) is 0.748. The van der Waals surface area contributed by atoms with Gasteiger partial charge in [0, 0.05) is 12.2 Å². The molecule has 0 heterocycles. The number of hydrogen-bond acceptors (Lipinski definition) is 3. The molecule has 0 aromatic heterocycles. The van der Waals surface area contributed by atoms with Gasteiger partial charge in [-0.3, -0.25) is 14.9 Å². The van der Waals surface area contributed by atoms with Crippen LogP contribution in [0.5, 0.6) is 0 Å². The maximum atomic E-state index is 11.6. The van der Waals surface area contributed by atoms with E-state index in [1.54, 1.807) is 6.92 Å². The molecular formula is C14H21N3O2. The van der Waals surface area contributed by atoms with Crippen LogP contribution in [0.2, 0.25) is 0 Å². The number of amides is 2. The van der Waals surface area contributed by atoms with E-state index in [2.05, 4.69) is 16.0 Å². The SMILES string of the molecule is CCCNC(=O)C(C)NCC(=O)Nc1ccccc1. The first-order valence-corrected chi connectivity index (χ1v) is 6.49. The Labute approximate surface area is 113 Å². The molecule has 3 N–H and O–H groups in total. The van der Waals surface area contributed by atoms with Crippen LogP contribution < -0.4 is 16.0 Å². The molecule has 0 spiro atoms. The predicted molar refractivity (Wildman–Crippen MR) is 75.8 cm³/mol. The van der Waals surface area contributed by atoms with E-state index >= 15 is 0 Å². The molecule has 19 heavy (non-hydrogen) atoms. The second-order valence-corrected chi connectivity index (χ2v) is 4.31. The van der Waals surface area contributed by atoms with E-state index < -0.39 is 0 Å². The Hall–Kier alpha value is -1.88. The summed E-state index contributed by atoms with van der Waals surface area (Å²) in [6.07, 6.45) is 0.896. The van der Waals surface area contributed by atoms with Crippen molar-refractivity contribution >= 4 is 17.5 Å². The standard InChI is InChI=1S/C14H21N3O2/c1-3-9-15-14(19)11(2)16-10-13(18)17-12-7-5-4-6-8-12/h4-8,11,16H,3,9-10H2,1-2H3,(H,15,19)(H,17,18). The zero-order valence-corrected chi connectivity index (χ0v) is 11.4. The summed E-state index contributed by atoms with van der Waals surface area (Å²) in [7, 11) is 0. The Morgan fingerprint density at radius 1 is 1.21 bits per heavy atom. The minimum atomic E-state index is -0.381. The maximum Gasteiger partial charge on any atom is 0.238 e. The molecule has 5 heteroatoms. The Morgan fingerprint density at radius 2 is 1.89 bits per heavy atom. The number of carbonyl (C=O) groups excluding carboxylic acids is 2. The van der Waals surface area contributed by atoms with E-state index in [0.717, 1.165) is 12.1 Å². The lowest BCUT2D eigenvalue weighted by molar-refractivity contribution is -0.123. The predicted octanol–water partition coefficient (Wildman–Crippen LogP) is 1.13. The third-order valence-electron chi connectivity index (χ3n) is 2.57. The molecule has 0 saturated heterocycles. The fourth-order valence-corrected chi connectivity index (χ4v) is 1.47. The summed E-state index contributed by atoms with van der Waals surface area (Å²) in [4.78, 5) is 23.2. The van der Waals surface area contributed by atoms with Crippen LogP contribution in [0.3, 0.4) is 0 Å². The number of carbonyl (C=O) groups is 2. The first kappa shape index (κ1) is 15.2. The first-order chi connectivity index (χ1) is 9.13. The fourth-order valence-electron chi connectivity index (χ4n) is 1.47. The van der Waals surface area contributed by atoms with Crippen LogP contribution in [0.25, 0.3) is 0 Å². The third kappa shape index (κ3) is 6.01. The highest BCUT2D eigenvalue weighted by Crippen LogP contribution is 2.03. The highest BCUT2D eigenvalue weighted by molar-refractivity contribution is 5.92. The Morgan fingerprint density at radius 3 is 2.53 bits per heavy atom. The van der Waals surface area contributed by atoms with Gasteiger partial charge in [0.1, 0.15) is 0 Å². The molecule has 1 rings (SSSR count). The molecule has 1 unspecified atom stereocenters. The van der Waals surface area contributed by atoms with Crippen molar-refractivity contribution in [3.8, 4) is 0 Å². The Bertz CT molecular complexity index is 406. The summed E-state index contributed by atoms with van der Waals surface area (Å²) >= 11 is 0. The van der Waals surface area contributed by atoms with Crippen LogP contribution in [0.15, 0.2) is 30.3 Å². The number of benzene rings is 1. The van der Waals surface area contributed by atoms with Gasteiger partial charge in [-0.1, -0.05) is 25.1 Å². The van der Waals surface area contributed by atoms with Gasteiger partial charge in [0.05, 0.1) is 12.6 Å². The molecule has 104 valence electrons. The highest BCUT2D eigenvalue weighted by atomic mass is 16.2. The molecule has 0 radical (unpaired) electrons. The Balaban J connectivity index is 2.28. The lowest BCUT2D eigenvalue weighted by atomic mass is 10.3. The zero-order valence-electron chi connectivity index (χ0n) is 11.4. The van der Waals surface area contributed by atoms with Gasteiger partial charge in [-0.15, -0.1) is 0 Å². The van der Waals surface area contributed by atoms with Gasteiger partial charge >= 0.3 is 0 Å². The van der Waals surface area contributed by atoms with Crippen molar-refractivity contribution in [2.75, 3.05) is 18.4 Å². The normalized spacial score (nSPS) is 11.7. The van der Waals surface area contributed by atoms with E-state index in [9.17, 15) is 9.59 Å². The Kier molecular flexibility index (Phi) is 6.60. The molecule has 0 saturated carbocycles. The molecule has 5 nitrogen and oxygen atoms in total. The summed E-state index contributed by atoms with van der Waals surface area (Å²) < 4.78 is 0. The number of para-hydroxylation sites is 1. The smallest absolute Gasteiger partial charge is 0.238 e. The lowest BCUT2D eigenvalue weighted by Gasteiger charge is -2.13. The summed E-state index contributed by atoms with van der Waals surface area (Å²) in [5.74, 6) is -0.254. The summed E-state index contributed by atoms with van der Waals surface area (Å²) in [6.45, 7) is 4.49. The second-order valence-electron chi connectivity index (χ2n) is 4.31. The topological polar surface area (TPSA) is 70.2 Å². The van der Waals surface area contributed by atoms with Crippen LogP contribution in [0.4, 0.5) is 5.69 Å². The number of rotatable bonds is 7. The summed E-state index contributed by atoms with van der Waals surface area (Å²) in [5, 5.41) is 8.41. The van der Waals surface area contributed by atoms with Crippen molar-refractivity contribution in [1.82, 2.24) is 10.6 Å². The van der Waals surface area contributed by atoms with Crippen molar-refractivity contribution in [2.24, 2.45) is 0 Å². The van der Waals surface area contributed by atoms with Gasteiger partial charge < -0.3 is 10.6 Å². The third-order valence-corrected chi connectivity index (χ3v) is 2.57. The van der Waals surface area contributed by atoms with E-state index in [-0.39, 0.29) is 24.4 Å². The zero-order chi connectivity index (χ0) is 14.1. The van der Waals surface area contributed by atoms with Gasteiger partial charge in [0.2, 0.25) is 11.8 Å². The number of anilines is 1. The average molecular weight is 263 g/mol. The van der Waals surface area contributed by atoms with Gasteiger partial charge in [-0.2, -0.15) is 0 Å². The average Bonchev–Trinajstić information content (AvgIpc) is 2.43. The number of nitrogens with one attached hydrogen (secondary N) is 3. The van der Waals surface area contributed by atoms with E-state index in [0.29, 0.717) is 6.54 Å². The van der Waals surface area contributed by atoms with E-state index in [1.807, 2.05) is 37.3 Å². The molecule has 1 atom stereocenters. The van der Waals surface area contributed by atoms with Crippen LogP contribution in [-0.2, 0) is 9.59 Å². The van der Waals surface area contributed by atoms with Gasteiger partial charge in [0.25, 0.3) is 0 Å². The van der Waals surface area contributed by atoms with Gasteiger partial charge in [-0.05, 0) is 25.5 Å². The number of hydrogen-bond donors (Lipinski definition) is 3. The molecule has 0 aliphatic rings. The molecule has 1 aromatic carbocycles. The van der Waals surface area contributed by atoms with E-state index in [4.69, 9.17) is 0 Å². The van der Waals surface area contributed by atoms with Crippen molar-refractivity contribution in [1.29, 1.82) is 0 Å². The summed E-state index contributed by atoms with van der Waals surface area (Å²) in [6, 6.07) is 8.83. The van der Waals surface area contributed by atoms with Crippen molar-refractivity contribution < 1.29 is 9.59 Å². The molecule has 2 amide bonds. The second kappa shape index (κ2) is 8.26. The molecule has 0 aliphatic heterocycles. The molecule has 1 aromatic rings. The van der Waals surface area contributed by atoms with Gasteiger partial charge in [0.15, 0.2) is 0 Å². The fraction of sp³-hybridized carbons (Fsp3) is 0.429. The molecule has 0 fully saturated rings. The lowest BCUT2D eigenvalue weighted by Crippen LogP contribution is -2.45. The van der Waals surface area contributed by atoms with Crippen LogP contribution >= 0.6 is 0 Å². The minimum Gasteiger partial charge on any atom is -0.355 e. The van der Waals surface area contributed by atoms with Crippen LogP contribution in [0.1, 0.15) is 20.3 Å². The van der Waals surface area contributed by atoms with Crippen molar-refractivity contribution in [3.63, 3.8) is 0 Å². The largest absolute Gasteiger partial charge is 0.355 e. The quantitative estimate of drug-likeness (QED) is 0.690. The molecule has 0 aliphatic carbocycles. The van der Waals surface area contributed by atoms with Crippen molar-refractivity contribution in [3.05, 3.63) is 30.3 Å². The van der Waals surface area contributed by atoms with Crippen LogP contribution in [-0.4, -0.2) is 30.9 Å². The molecular weight excluding hydrogens is 242 g/mol. The van der Waals surface area contributed by atoms with Crippen LogP contribution in [0, 0.1) is 0 Å². The first-order valence-electron chi connectivity index (χ1n) is 6.49. The monoisotopic (exact) mass is 263 g/mol. The van der Waals surface area contributed by atoms with Crippen molar-refractivity contribution in [2.45, 2.75) is 26.3 Å².